The van der Waals surface area contributed by atoms with E-state index in [2.05, 4.69) is 26.1 Å². The number of hydrogen-bond acceptors (Lipinski definition) is 3. The Labute approximate surface area is 106 Å². The first-order valence-electron chi connectivity index (χ1n) is 6.95. The Morgan fingerprint density at radius 1 is 1.41 bits per heavy atom. The third kappa shape index (κ3) is 5.36. The van der Waals surface area contributed by atoms with Crippen LogP contribution in [-0.4, -0.2) is 38.5 Å². The molecule has 0 aliphatic carbocycles. The fourth-order valence-corrected chi connectivity index (χ4v) is 2.31. The highest BCUT2D eigenvalue weighted by molar-refractivity contribution is 4.82. The van der Waals surface area contributed by atoms with Crippen LogP contribution in [0.25, 0.3) is 0 Å². The van der Waals surface area contributed by atoms with E-state index >= 15 is 0 Å². The van der Waals surface area contributed by atoms with Gasteiger partial charge >= 0.3 is 0 Å². The summed E-state index contributed by atoms with van der Waals surface area (Å²) in [6.07, 6.45) is 4.63. The van der Waals surface area contributed by atoms with Crippen LogP contribution >= 0.6 is 0 Å². The molecule has 0 aromatic rings. The summed E-state index contributed by atoms with van der Waals surface area (Å²) in [5.41, 5.74) is -0.00719. The van der Waals surface area contributed by atoms with Crippen molar-refractivity contribution in [3.8, 4) is 0 Å². The lowest BCUT2D eigenvalue weighted by atomic mass is 9.87. The van der Waals surface area contributed by atoms with Crippen molar-refractivity contribution in [2.75, 3.05) is 26.9 Å². The van der Waals surface area contributed by atoms with Crippen LogP contribution in [0.4, 0.5) is 0 Å². The first-order chi connectivity index (χ1) is 8.09. The zero-order valence-corrected chi connectivity index (χ0v) is 11.9. The van der Waals surface area contributed by atoms with Gasteiger partial charge in [0.05, 0.1) is 12.2 Å². The van der Waals surface area contributed by atoms with Gasteiger partial charge in [0.15, 0.2) is 0 Å². The van der Waals surface area contributed by atoms with Crippen molar-refractivity contribution in [3.63, 3.8) is 0 Å². The van der Waals surface area contributed by atoms with Gasteiger partial charge in [-0.15, -0.1) is 0 Å². The van der Waals surface area contributed by atoms with Gasteiger partial charge in [0.1, 0.15) is 0 Å². The van der Waals surface area contributed by atoms with Crippen LogP contribution < -0.4 is 5.32 Å². The topological polar surface area (TPSA) is 30.5 Å². The molecule has 2 atom stereocenters. The van der Waals surface area contributed by atoms with Gasteiger partial charge in [-0.1, -0.05) is 6.92 Å². The van der Waals surface area contributed by atoms with Gasteiger partial charge in [0.2, 0.25) is 0 Å². The van der Waals surface area contributed by atoms with Gasteiger partial charge < -0.3 is 14.8 Å². The van der Waals surface area contributed by atoms with E-state index < -0.39 is 0 Å². The minimum absolute atomic E-state index is 0.00719. The van der Waals surface area contributed by atoms with E-state index in [9.17, 15) is 0 Å². The molecule has 0 aromatic carbocycles. The minimum atomic E-state index is -0.00719. The second-order valence-corrected chi connectivity index (χ2v) is 5.69. The van der Waals surface area contributed by atoms with E-state index in [1.165, 1.54) is 12.8 Å². The zero-order chi connectivity index (χ0) is 12.7. The van der Waals surface area contributed by atoms with E-state index in [1.807, 2.05) is 0 Å². The molecular weight excluding hydrogens is 214 g/mol. The summed E-state index contributed by atoms with van der Waals surface area (Å²) < 4.78 is 11.1. The first-order valence-corrected chi connectivity index (χ1v) is 6.95. The Balaban J connectivity index is 2.37. The van der Waals surface area contributed by atoms with Crippen molar-refractivity contribution in [1.29, 1.82) is 0 Å². The average Bonchev–Trinajstić information content (AvgIpc) is 2.35. The van der Waals surface area contributed by atoms with Gasteiger partial charge in [-0.05, 0) is 52.0 Å². The van der Waals surface area contributed by atoms with Gasteiger partial charge in [-0.25, -0.2) is 0 Å². The molecule has 0 aromatic heterocycles. The van der Waals surface area contributed by atoms with Crippen LogP contribution in [0.2, 0.25) is 0 Å². The summed E-state index contributed by atoms with van der Waals surface area (Å²) in [5, 5.41) is 3.65. The smallest absolute Gasteiger partial charge is 0.0622 e. The number of nitrogens with one attached hydrogen (secondary N) is 1. The molecular formula is C14H29NO2. The molecule has 1 aliphatic rings. The van der Waals surface area contributed by atoms with Gasteiger partial charge in [-0.2, -0.15) is 0 Å². The fourth-order valence-electron chi connectivity index (χ4n) is 2.31. The Bertz CT molecular complexity index is 206. The van der Waals surface area contributed by atoms with Gasteiger partial charge in [-0.3, -0.25) is 0 Å². The van der Waals surface area contributed by atoms with E-state index in [-0.39, 0.29) is 5.60 Å². The van der Waals surface area contributed by atoms with E-state index in [0.717, 1.165) is 32.6 Å². The molecule has 0 radical (unpaired) electrons. The third-order valence-electron chi connectivity index (χ3n) is 3.80. The van der Waals surface area contributed by atoms with Crippen LogP contribution in [0.1, 0.15) is 46.5 Å². The molecule has 17 heavy (non-hydrogen) atoms. The lowest BCUT2D eigenvalue weighted by Crippen LogP contribution is -2.43. The highest BCUT2D eigenvalue weighted by Crippen LogP contribution is 2.25. The van der Waals surface area contributed by atoms with E-state index in [1.54, 1.807) is 7.11 Å². The van der Waals surface area contributed by atoms with Crippen LogP contribution in [0.5, 0.6) is 0 Å². The van der Waals surface area contributed by atoms with Crippen molar-refractivity contribution in [3.05, 3.63) is 0 Å². The standard InChI is InChI=1S/C14H29NO2/c1-5-9-15-13-7-10-17-11-12(13)6-8-14(2,3)16-4/h12-13,15H,5-11H2,1-4H3. The van der Waals surface area contributed by atoms with E-state index in [0.29, 0.717) is 12.0 Å². The summed E-state index contributed by atoms with van der Waals surface area (Å²) in [7, 11) is 1.80. The Morgan fingerprint density at radius 3 is 2.82 bits per heavy atom. The summed E-state index contributed by atoms with van der Waals surface area (Å²) in [5.74, 6) is 0.643. The molecule has 0 saturated carbocycles. The van der Waals surface area contributed by atoms with Gasteiger partial charge in [0.25, 0.3) is 0 Å². The summed E-state index contributed by atoms with van der Waals surface area (Å²) >= 11 is 0. The van der Waals surface area contributed by atoms with Crippen molar-refractivity contribution in [2.24, 2.45) is 5.92 Å². The van der Waals surface area contributed by atoms with Crippen molar-refractivity contribution < 1.29 is 9.47 Å². The molecule has 1 N–H and O–H groups in total. The normalized spacial score (nSPS) is 26.1. The Morgan fingerprint density at radius 2 is 2.18 bits per heavy atom. The maximum Gasteiger partial charge on any atom is 0.0622 e. The average molecular weight is 243 g/mol. The number of ether oxygens (including phenoxy) is 2. The lowest BCUT2D eigenvalue weighted by Gasteiger charge is -2.34. The Kier molecular flexibility index (Phi) is 6.45. The molecule has 1 rings (SSSR count). The molecule has 1 fully saturated rings. The molecule has 0 amide bonds. The SMILES string of the molecule is CCCNC1CCOCC1CCC(C)(C)OC. The fraction of sp³-hybridized carbons (Fsp3) is 1.00. The Hall–Kier alpha value is -0.120. The number of rotatable bonds is 7. The van der Waals surface area contributed by atoms with Crippen molar-refractivity contribution in [1.82, 2.24) is 5.32 Å². The summed E-state index contributed by atoms with van der Waals surface area (Å²) in [6.45, 7) is 9.47. The van der Waals surface area contributed by atoms with Crippen LogP contribution in [-0.2, 0) is 9.47 Å². The summed E-state index contributed by atoms with van der Waals surface area (Å²) in [6, 6.07) is 0.636. The van der Waals surface area contributed by atoms with Crippen LogP contribution in [0.3, 0.4) is 0 Å². The quantitative estimate of drug-likeness (QED) is 0.745. The molecule has 3 nitrogen and oxygen atoms in total. The molecule has 1 aliphatic heterocycles. The monoisotopic (exact) mass is 243 g/mol. The first kappa shape index (κ1) is 14.9. The third-order valence-corrected chi connectivity index (χ3v) is 3.80. The lowest BCUT2D eigenvalue weighted by molar-refractivity contribution is -0.0104. The molecule has 1 heterocycles. The molecule has 102 valence electrons. The number of hydrogen-bond donors (Lipinski definition) is 1. The molecule has 0 spiro atoms. The maximum absolute atomic E-state index is 5.61. The number of methoxy groups -OCH3 is 1. The molecule has 2 unspecified atom stereocenters. The van der Waals surface area contributed by atoms with Crippen molar-refractivity contribution in [2.45, 2.75) is 58.1 Å². The minimum Gasteiger partial charge on any atom is -0.381 e. The zero-order valence-electron chi connectivity index (χ0n) is 11.9. The summed E-state index contributed by atoms with van der Waals surface area (Å²) in [4.78, 5) is 0. The van der Waals surface area contributed by atoms with Gasteiger partial charge in [0, 0.05) is 19.8 Å². The highest BCUT2D eigenvalue weighted by atomic mass is 16.5. The largest absolute Gasteiger partial charge is 0.381 e. The predicted octanol–water partition coefficient (Wildman–Crippen LogP) is 2.60. The second kappa shape index (κ2) is 7.34. The van der Waals surface area contributed by atoms with Crippen LogP contribution in [0, 0.1) is 5.92 Å². The molecule has 3 heteroatoms. The van der Waals surface area contributed by atoms with Crippen molar-refractivity contribution >= 4 is 0 Å². The van der Waals surface area contributed by atoms with E-state index in [4.69, 9.17) is 9.47 Å². The van der Waals surface area contributed by atoms with Crippen LogP contribution in [0.15, 0.2) is 0 Å². The highest BCUT2D eigenvalue weighted by Gasteiger charge is 2.27. The predicted molar refractivity (Wildman–Crippen MR) is 71.3 cm³/mol. The molecule has 0 bridgehead atoms. The molecule has 1 saturated heterocycles. The second-order valence-electron chi connectivity index (χ2n) is 5.69. The maximum atomic E-state index is 5.61.